The Morgan fingerprint density at radius 3 is 2.71 bits per heavy atom. The molecule has 1 heterocycles. The van der Waals surface area contributed by atoms with Crippen molar-refractivity contribution < 1.29 is 4.79 Å². The van der Waals surface area contributed by atoms with Crippen LogP contribution in [0.25, 0.3) is 0 Å². The first-order chi connectivity index (χ1) is 8.16. The Morgan fingerprint density at radius 1 is 1.35 bits per heavy atom. The van der Waals surface area contributed by atoms with Gasteiger partial charge in [0.15, 0.2) is 5.69 Å². The Morgan fingerprint density at radius 2 is 2.12 bits per heavy atom. The number of nitrogens with zero attached hydrogens (tertiary/aromatic N) is 2. The largest absolute Gasteiger partial charge is 0.366 e. The van der Waals surface area contributed by atoms with Gasteiger partial charge in [0.05, 0.1) is 0 Å². The summed E-state index contributed by atoms with van der Waals surface area (Å²) in [6, 6.07) is 3.82. The maximum Gasteiger partial charge on any atom is 0.269 e. The molecule has 2 unspecified atom stereocenters. The SMILES string of the molecule is CC1CCCCC1Nc1ccc(C(N)=O)nn1. The summed E-state index contributed by atoms with van der Waals surface area (Å²) in [5, 5.41) is 11.1. The monoisotopic (exact) mass is 234 g/mol. The van der Waals surface area contributed by atoms with Gasteiger partial charge in [0, 0.05) is 6.04 Å². The topological polar surface area (TPSA) is 80.9 Å². The van der Waals surface area contributed by atoms with E-state index in [1.807, 2.05) is 0 Å². The highest BCUT2D eigenvalue weighted by Gasteiger charge is 2.21. The lowest BCUT2D eigenvalue weighted by Gasteiger charge is -2.29. The Balaban J connectivity index is 2.00. The van der Waals surface area contributed by atoms with Gasteiger partial charge >= 0.3 is 0 Å². The van der Waals surface area contributed by atoms with E-state index in [-0.39, 0.29) is 5.69 Å². The number of carbonyl (C=O) groups excluding carboxylic acids is 1. The summed E-state index contributed by atoms with van der Waals surface area (Å²) in [6.45, 7) is 2.25. The first kappa shape index (κ1) is 11.8. The minimum absolute atomic E-state index is 0.201. The Bertz CT molecular complexity index is 390. The normalized spacial score (nSPS) is 24.3. The highest BCUT2D eigenvalue weighted by molar-refractivity contribution is 5.90. The zero-order chi connectivity index (χ0) is 12.3. The lowest BCUT2D eigenvalue weighted by Crippen LogP contribution is -2.30. The average Bonchev–Trinajstić information content (AvgIpc) is 2.33. The Hall–Kier alpha value is -1.65. The molecule has 1 saturated carbocycles. The highest BCUT2D eigenvalue weighted by Crippen LogP contribution is 2.25. The lowest BCUT2D eigenvalue weighted by atomic mass is 9.86. The molecule has 1 aliphatic carbocycles. The van der Waals surface area contributed by atoms with Crippen molar-refractivity contribution in [3.63, 3.8) is 0 Å². The summed E-state index contributed by atoms with van der Waals surface area (Å²) < 4.78 is 0. The van der Waals surface area contributed by atoms with E-state index in [0.717, 1.165) is 0 Å². The summed E-state index contributed by atoms with van der Waals surface area (Å²) in [7, 11) is 0. The number of rotatable bonds is 3. The van der Waals surface area contributed by atoms with Crippen LogP contribution in [-0.2, 0) is 0 Å². The molecule has 17 heavy (non-hydrogen) atoms. The second kappa shape index (κ2) is 5.12. The number of nitrogens with one attached hydrogen (secondary N) is 1. The summed E-state index contributed by atoms with van der Waals surface area (Å²) in [4.78, 5) is 10.9. The predicted octanol–water partition coefficient (Wildman–Crippen LogP) is 1.57. The Labute approximate surface area is 101 Å². The third kappa shape index (κ3) is 2.93. The molecule has 0 aliphatic heterocycles. The molecule has 3 N–H and O–H groups in total. The van der Waals surface area contributed by atoms with Gasteiger partial charge in [0.2, 0.25) is 0 Å². The quantitative estimate of drug-likeness (QED) is 0.831. The van der Waals surface area contributed by atoms with E-state index in [1.165, 1.54) is 25.7 Å². The molecule has 0 radical (unpaired) electrons. The maximum atomic E-state index is 10.9. The molecule has 2 rings (SSSR count). The Kier molecular flexibility index (Phi) is 3.56. The van der Waals surface area contributed by atoms with Crippen LogP contribution in [0.3, 0.4) is 0 Å². The molecule has 1 amide bonds. The van der Waals surface area contributed by atoms with Crippen LogP contribution in [0.1, 0.15) is 43.1 Å². The molecule has 0 spiro atoms. The van der Waals surface area contributed by atoms with Crippen LogP contribution in [0, 0.1) is 5.92 Å². The first-order valence-corrected chi connectivity index (χ1v) is 6.07. The maximum absolute atomic E-state index is 10.9. The summed E-state index contributed by atoms with van der Waals surface area (Å²) in [5.41, 5.74) is 5.31. The van der Waals surface area contributed by atoms with E-state index in [1.54, 1.807) is 12.1 Å². The lowest BCUT2D eigenvalue weighted by molar-refractivity contribution is 0.0994. The van der Waals surface area contributed by atoms with Crippen molar-refractivity contribution in [1.82, 2.24) is 10.2 Å². The van der Waals surface area contributed by atoms with Crippen LogP contribution in [0.15, 0.2) is 12.1 Å². The van der Waals surface area contributed by atoms with Crippen molar-refractivity contribution in [3.05, 3.63) is 17.8 Å². The molecule has 2 atom stereocenters. The van der Waals surface area contributed by atoms with Crippen LogP contribution in [0.4, 0.5) is 5.82 Å². The fourth-order valence-electron chi connectivity index (χ4n) is 2.26. The number of aromatic nitrogens is 2. The van der Waals surface area contributed by atoms with Gasteiger partial charge < -0.3 is 11.1 Å². The minimum Gasteiger partial charge on any atom is -0.366 e. The molecular weight excluding hydrogens is 216 g/mol. The number of carbonyl (C=O) groups is 1. The molecule has 92 valence electrons. The van der Waals surface area contributed by atoms with Crippen LogP contribution in [-0.4, -0.2) is 22.1 Å². The van der Waals surface area contributed by atoms with Gasteiger partial charge in [-0.25, -0.2) is 0 Å². The summed E-state index contributed by atoms with van der Waals surface area (Å²) in [6.07, 6.45) is 4.99. The van der Waals surface area contributed by atoms with Gasteiger partial charge in [-0.2, -0.15) is 0 Å². The molecule has 1 fully saturated rings. The zero-order valence-corrected chi connectivity index (χ0v) is 10.0. The molecule has 5 heteroatoms. The molecular formula is C12H18N4O. The van der Waals surface area contributed by atoms with Gasteiger partial charge in [-0.3, -0.25) is 4.79 Å². The van der Waals surface area contributed by atoms with Gasteiger partial charge in [-0.15, -0.1) is 10.2 Å². The molecule has 1 aliphatic rings. The number of hydrogen-bond acceptors (Lipinski definition) is 4. The van der Waals surface area contributed by atoms with Gasteiger partial charge in [0.1, 0.15) is 5.82 Å². The van der Waals surface area contributed by atoms with Crippen LogP contribution >= 0.6 is 0 Å². The van der Waals surface area contributed by atoms with E-state index >= 15 is 0 Å². The van der Waals surface area contributed by atoms with Crippen molar-refractivity contribution in [2.45, 2.75) is 38.6 Å². The molecule has 0 saturated heterocycles. The second-order valence-electron chi connectivity index (χ2n) is 4.68. The number of amides is 1. The molecule has 5 nitrogen and oxygen atoms in total. The van der Waals surface area contributed by atoms with Gasteiger partial charge in [0.25, 0.3) is 5.91 Å². The van der Waals surface area contributed by atoms with Crippen LogP contribution in [0.5, 0.6) is 0 Å². The molecule has 1 aromatic rings. The average molecular weight is 234 g/mol. The third-order valence-corrected chi connectivity index (χ3v) is 3.36. The first-order valence-electron chi connectivity index (χ1n) is 6.07. The van der Waals surface area contributed by atoms with Gasteiger partial charge in [-0.1, -0.05) is 19.8 Å². The van der Waals surface area contributed by atoms with Gasteiger partial charge in [-0.05, 0) is 30.9 Å². The fourth-order valence-corrected chi connectivity index (χ4v) is 2.26. The minimum atomic E-state index is -0.546. The number of hydrogen-bond donors (Lipinski definition) is 2. The van der Waals surface area contributed by atoms with E-state index in [0.29, 0.717) is 17.8 Å². The van der Waals surface area contributed by atoms with Crippen LogP contribution < -0.4 is 11.1 Å². The number of primary amides is 1. The smallest absolute Gasteiger partial charge is 0.269 e. The zero-order valence-electron chi connectivity index (χ0n) is 10.0. The van der Waals surface area contributed by atoms with E-state index in [9.17, 15) is 4.79 Å². The number of anilines is 1. The van der Waals surface area contributed by atoms with E-state index < -0.39 is 5.91 Å². The highest BCUT2D eigenvalue weighted by atomic mass is 16.1. The van der Waals surface area contributed by atoms with Crippen LogP contribution in [0.2, 0.25) is 0 Å². The molecule has 0 bridgehead atoms. The van der Waals surface area contributed by atoms with E-state index in [2.05, 4.69) is 22.4 Å². The third-order valence-electron chi connectivity index (χ3n) is 3.36. The molecule has 1 aromatic heterocycles. The fraction of sp³-hybridized carbons (Fsp3) is 0.583. The van der Waals surface area contributed by atoms with Crippen molar-refractivity contribution in [2.75, 3.05) is 5.32 Å². The van der Waals surface area contributed by atoms with E-state index in [4.69, 9.17) is 5.73 Å². The second-order valence-corrected chi connectivity index (χ2v) is 4.68. The summed E-state index contributed by atoms with van der Waals surface area (Å²) in [5.74, 6) is 0.824. The molecule has 0 aromatic carbocycles. The van der Waals surface area contributed by atoms with Crippen molar-refractivity contribution in [1.29, 1.82) is 0 Å². The van der Waals surface area contributed by atoms with Crippen molar-refractivity contribution >= 4 is 11.7 Å². The predicted molar refractivity (Wildman–Crippen MR) is 65.6 cm³/mol. The summed E-state index contributed by atoms with van der Waals surface area (Å²) >= 11 is 0. The van der Waals surface area contributed by atoms with Crippen molar-refractivity contribution in [2.24, 2.45) is 11.7 Å². The standard InChI is InChI=1S/C12H18N4O/c1-8-4-2-3-5-9(8)14-11-7-6-10(12(13)17)15-16-11/h6-9H,2-5H2,1H3,(H2,13,17)(H,14,16). The van der Waals surface area contributed by atoms with Crippen molar-refractivity contribution in [3.8, 4) is 0 Å². The number of nitrogens with two attached hydrogens (primary N) is 1.